The van der Waals surface area contributed by atoms with E-state index >= 15 is 0 Å². The van der Waals surface area contributed by atoms with Gasteiger partial charge in [-0.2, -0.15) is 0 Å². The van der Waals surface area contributed by atoms with Gasteiger partial charge < -0.3 is 10.6 Å². The van der Waals surface area contributed by atoms with E-state index in [0.717, 1.165) is 11.1 Å². The molecule has 3 aromatic rings. The van der Waals surface area contributed by atoms with Gasteiger partial charge in [-0.15, -0.1) is 0 Å². The number of hydrogen-bond acceptors (Lipinski definition) is 3. The lowest BCUT2D eigenvalue weighted by Gasteiger charge is -2.08. The average molecular weight is 345 g/mol. The molecule has 3 rings (SSSR count). The molecule has 26 heavy (non-hydrogen) atoms. The van der Waals surface area contributed by atoms with Gasteiger partial charge >= 0.3 is 0 Å². The average Bonchev–Trinajstić information content (AvgIpc) is 2.69. The molecule has 1 heterocycles. The summed E-state index contributed by atoms with van der Waals surface area (Å²) >= 11 is 0. The Balaban J connectivity index is 1.66. The van der Waals surface area contributed by atoms with Crippen LogP contribution in [0.2, 0.25) is 0 Å². The van der Waals surface area contributed by atoms with Crippen molar-refractivity contribution < 1.29 is 9.59 Å². The third kappa shape index (κ3) is 4.54. The topological polar surface area (TPSA) is 71.1 Å². The molecule has 0 spiro atoms. The van der Waals surface area contributed by atoms with E-state index in [0.29, 0.717) is 17.8 Å². The van der Waals surface area contributed by atoms with Crippen molar-refractivity contribution in [3.05, 3.63) is 95.3 Å². The first-order valence-corrected chi connectivity index (χ1v) is 8.28. The standard InChI is InChI=1S/C21H19N3O2/c1-15-7-9-18(10-8-15)24-21(26)19-13-17(11-12-22-19)20(25)23-14-16-5-3-2-4-6-16/h2-13H,14H2,1H3,(H,23,25)(H,24,26). The number of amides is 2. The van der Waals surface area contributed by atoms with Crippen LogP contribution in [0.25, 0.3) is 0 Å². The van der Waals surface area contributed by atoms with Crippen molar-refractivity contribution in [3.63, 3.8) is 0 Å². The summed E-state index contributed by atoms with van der Waals surface area (Å²) in [6.45, 7) is 2.40. The van der Waals surface area contributed by atoms with Crippen LogP contribution in [0, 0.1) is 6.92 Å². The third-order valence-electron chi connectivity index (χ3n) is 3.86. The van der Waals surface area contributed by atoms with Gasteiger partial charge in [-0.05, 0) is 36.8 Å². The molecule has 0 fully saturated rings. The Kier molecular flexibility index (Phi) is 5.39. The lowest BCUT2D eigenvalue weighted by atomic mass is 10.2. The summed E-state index contributed by atoms with van der Waals surface area (Å²) in [6.07, 6.45) is 1.46. The molecule has 0 aliphatic carbocycles. The number of nitrogens with zero attached hydrogens (tertiary/aromatic N) is 1. The smallest absolute Gasteiger partial charge is 0.274 e. The van der Waals surface area contributed by atoms with E-state index in [-0.39, 0.29) is 17.5 Å². The van der Waals surface area contributed by atoms with E-state index in [4.69, 9.17) is 0 Å². The zero-order valence-corrected chi connectivity index (χ0v) is 14.4. The molecule has 2 aromatic carbocycles. The molecule has 130 valence electrons. The van der Waals surface area contributed by atoms with Crippen LogP contribution in [0.5, 0.6) is 0 Å². The summed E-state index contributed by atoms with van der Waals surface area (Å²) in [4.78, 5) is 28.7. The zero-order valence-electron chi connectivity index (χ0n) is 14.4. The maximum Gasteiger partial charge on any atom is 0.274 e. The molecule has 2 N–H and O–H groups in total. The summed E-state index contributed by atoms with van der Waals surface area (Å²) < 4.78 is 0. The molecule has 2 amide bonds. The highest BCUT2D eigenvalue weighted by Crippen LogP contribution is 2.11. The largest absolute Gasteiger partial charge is 0.348 e. The summed E-state index contributed by atoms with van der Waals surface area (Å²) in [6, 6.07) is 20.2. The van der Waals surface area contributed by atoms with Gasteiger partial charge in [0, 0.05) is 24.0 Å². The predicted octanol–water partition coefficient (Wildman–Crippen LogP) is 3.57. The van der Waals surface area contributed by atoms with Crippen LogP contribution in [0.3, 0.4) is 0 Å². The predicted molar refractivity (Wildman–Crippen MR) is 101 cm³/mol. The molecule has 1 aromatic heterocycles. The molecule has 5 nitrogen and oxygen atoms in total. The highest BCUT2D eigenvalue weighted by molar-refractivity contribution is 6.04. The van der Waals surface area contributed by atoms with Crippen molar-refractivity contribution in [1.82, 2.24) is 10.3 Å². The number of nitrogens with one attached hydrogen (secondary N) is 2. The molecule has 0 aliphatic rings. The first-order valence-electron chi connectivity index (χ1n) is 8.28. The maximum atomic E-state index is 12.3. The number of carbonyl (C=O) groups is 2. The monoisotopic (exact) mass is 345 g/mol. The molecule has 5 heteroatoms. The number of aromatic nitrogens is 1. The highest BCUT2D eigenvalue weighted by Gasteiger charge is 2.12. The van der Waals surface area contributed by atoms with Gasteiger partial charge in [0.2, 0.25) is 0 Å². The quantitative estimate of drug-likeness (QED) is 0.742. The molecule has 0 unspecified atom stereocenters. The summed E-state index contributed by atoms with van der Waals surface area (Å²) in [5.41, 5.74) is 3.38. The minimum atomic E-state index is -0.355. The molecule has 0 saturated heterocycles. The zero-order chi connectivity index (χ0) is 18.4. The van der Waals surface area contributed by atoms with Gasteiger partial charge in [-0.3, -0.25) is 14.6 Å². The fourth-order valence-corrected chi connectivity index (χ4v) is 2.41. The second kappa shape index (κ2) is 8.07. The number of hydrogen-bond donors (Lipinski definition) is 2. The van der Waals surface area contributed by atoms with Crippen molar-refractivity contribution >= 4 is 17.5 Å². The van der Waals surface area contributed by atoms with Crippen molar-refractivity contribution in [2.45, 2.75) is 13.5 Å². The second-order valence-electron chi connectivity index (χ2n) is 5.92. The highest BCUT2D eigenvalue weighted by atomic mass is 16.2. The number of rotatable bonds is 5. The van der Waals surface area contributed by atoms with E-state index in [1.54, 1.807) is 6.07 Å². The van der Waals surface area contributed by atoms with Gasteiger partial charge in [-0.1, -0.05) is 48.0 Å². The fraction of sp³-hybridized carbons (Fsp3) is 0.0952. The van der Waals surface area contributed by atoms with E-state index < -0.39 is 0 Å². The van der Waals surface area contributed by atoms with Crippen LogP contribution in [0.1, 0.15) is 32.0 Å². The van der Waals surface area contributed by atoms with Gasteiger partial charge in [0.15, 0.2) is 0 Å². The molecule has 0 bridgehead atoms. The van der Waals surface area contributed by atoms with Gasteiger partial charge in [0.05, 0.1) is 0 Å². The summed E-state index contributed by atoms with van der Waals surface area (Å²) in [7, 11) is 0. The Morgan fingerprint density at radius 3 is 2.38 bits per heavy atom. The minimum Gasteiger partial charge on any atom is -0.348 e. The van der Waals surface area contributed by atoms with E-state index in [9.17, 15) is 9.59 Å². The second-order valence-corrected chi connectivity index (χ2v) is 5.92. The fourth-order valence-electron chi connectivity index (χ4n) is 2.41. The summed E-state index contributed by atoms with van der Waals surface area (Å²) in [5.74, 6) is -0.604. The van der Waals surface area contributed by atoms with E-state index in [1.807, 2.05) is 61.5 Å². The Labute approximate surface area is 152 Å². The summed E-state index contributed by atoms with van der Waals surface area (Å²) in [5, 5.41) is 5.62. The Hall–Kier alpha value is -3.47. The van der Waals surface area contributed by atoms with Gasteiger partial charge in [0.1, 0.15) is 5.69 Å². The molecule has 0 saturated carbocycles. The third-order valence-corrected chi connectivity index (χ3v) is 3.86. The normalized spacial score (nSPS) is 10.2. The van der Waals surface area contributed by atoms with Crippen LogP contribution in [-0.2, 0) is 6.54 Å². The number of benzene rings is 2. The molecule has 0 radical (unpaired) electrons. The minimum absolute atomic E-state index is 0.193. The first-order chi connectivity index (χ1) is 12.6. The van der Waals surface area contributed by atoms with Crippen LogP contribution >= 0.6 is 0 Å². The van der Waals surface area contributed by atoms with Crippen LogP contribution in [0.15, 0.2) is 72.9 Å². The van der Waals surface area contributed by atoms with Crippen LogP contribution in [0.4, 0.5) is 5.69 Å². The first kappa shape index (κ1) is 17.4. The van der Waals surface area contributed by atoms with Crippen molar-refractivity contribution in [1.29, 1.82) is 0 Å². The van der Waals surface area contributed by atoms with Crippen LogP contribution in [-0.4, -0.2) is 16.8 Å². The number of anilines is 1. The van der Waals surface area contributed by atoms with Gasteiger partial charge in [0.25, 0.3) is 11.8 Å². The van der Waals surface area contributed by atoms with E-state index in [1.165, 1.54) is 12.3 Å². The lowest BCUT2D eigenvalue weighted by Crippen LogP contribution is -2.23. The molecule has 0 aliphatic heterocycles. The number of pyridine rings is 1. The van der Waals surface area contributed by atoms with Crippen molar-refractivity contribution in [2.75, 3.05) is 5.32 Å². The van der Waals surface area contributed by atoms with Crippen molar-refractivity contribution in [2.24, 2.45) is 0 Å². The lowest BCUT2D eigenvalue weighted by molar-refractivity contribution is 0.0951. The molecular formula is C21H19N3O2. The Morgan fingerprint density at radius 1 is 0.923 bits per heavy atom. The molecule has 0 atom stereocenters. The number of aryl methyl sites for hydroxylation is 1. The Morgan fingerprint density at radius 2 is 1.65 bits per heavy atom. The van der Waals surface area contributed by atoms with Crippen molar-refractivity contribution in [3.8, 4) is 0 Å². The maximum absolute atomic E-state index is 12.3. The van der Waals surface area contributed by atoms with Gasteiger partial charge in [-0.25, -0.2) is 0 Å². The van der Waals surface area contributed by atoms with E-state index in [2.05, 4.69) is 15.6 Å². The molecular weight excluding hydrogens is 326 g/mol. The SMILES string of the molecule is Cc1ccc(NC(=O)c2cc(C(=O)NCc3ccccc3)ccn2)cc1. The Bertz CT molecular complexity index is 906. The van der Waals surface area contributed by atoms with Crippen LogP contribution < -0.4 is 10.6 Å². The number of carbonyl (C=O) groups excluding carboxylic acids is 2.